The second-order valence-electron chi connectivity index (χ2n) is 4.55. The van der Waals surface area contributed by atoms with Crippen LogP contribution in [0.4, 0.5) is 0 Å². The molecule has 2 aromatic carbocycles. The normalized spacial score (nSPS) is 12.6. The van der Waals surface area contributed by atoms with Crippen molar-refractivity contribution in [2.24, 2.45) is 5.73 Å². The second kappa shape index (κ2) is 5.56. The minimum Gasteiger partial charge on any atom is -0.497 e. The van der Waals surface area contributed by atoms with Gasteiger partial charge in [0.25, 0.3) is 0 Å². The van der Waals surface area contributed by atoms with Crippen molar-refractivity contribution in [2.75, 3.05) is 7.11 Å². The van der Waals surface area contributed by atoms with Crippen LogP contribution in [0, 0.1) is 0 Å². The van der Waals surface area contributed by atoms with E-state index in [0.717, 1.165) is 21.3 Å². The molecule has 1 heterocycles. The Morgan fingerprint density at radius 1 is 1.15 bits per heavy atom. The van der Waals surface area contributed by atoms with Crippen molar-refractivity contribution < 1.29 is 4.74 Å². The lowest BCUT2D eigenvalue weighted by molar-refractivity contribution is 0.414. The molecule has 3 rings (SSSR count). The number of thiophene rings is 1. The molecule has 0 saturated carbocycles. The summed E-state index contributed by atoms with van der Waals surface area (Å²) in [5, 5.41) is 3.37. The predicted molar refractivity (Wildman–Crippen MR) is 88.5 cm³/mol. The Bertz CT molecular complexity index is 753. The molecule has 0 aliphatic carbocycles. The van der Waals surface area contributed by atoms with Gasteiger partial charge in [0, 0.05) is 9.17 Å². The highest BCUT2D eigenvalue weighted by Crippen LogP contribution is 2.35. The summed E-state index contributed by atoms with van der Waals surface area (Å²) in [6.07, 6.45) is 0. The van der Waals surface area contributed by atoms with Crippen molar-refractivity contribution in [3.05, 3.63) is 63.4 Å². The fourth-order valence-electron chi connectivity index (χ4n) is 2.29. The number of hydrogen-bond acceptors (Lipinski definition) is 3. The maximum absolute atomic E-state index is 6.46. The molecule has 1 atom stereocenters. The van der Waals surface area contributed by atoms with Crippen molar-refractivity contribution >= 4 is 37.4 Å². The van der Waals surface area contributed by atoms with Crippen LogP contribution in [0.2, 0.25) is 0 Å². The summed E-state index contributed by atoms with van der Waals surface area (Å²) in [5.41, 5.74) is 8.68. The van der Waals surface area contributed by atoms with Crippen molar-refractivity contribution in [1.82, 2.24) is 0 Å². The molecule has 4 heteroatoms. The molecule has 3 aromatic rings. The molecular formula is C16H14BrNOS. The Labute approximate surface area is 130 Å². The van der Waals surface area contributed by atoms with Crippen LogP contribution in [-0.4, -0.2) is 7.11 Å². The van der Waals surface area contributed by atoms with Crippen LogP contribution >= 0.6 is 27.3 Å². The second-order valence-corrected chi connectivity index (χ2v) is 6.32. The van der Waals surface area contributed by atoms with Gasteiger partial charge in [-0.1, -0.05) is 40.2 Å². The quantitative estimate of drug-likeness (QED) is 0.743. The van der Waals surface area contributed by atoms with Crippen LogP contribution in [0.1, 0.15) is 17.2 Å². The van der Waals surface area contributed by atoms with Gasteiger partial charge in [0.15, 0.2) is 0 Å². The molecule has 20 heavy (non-hydrogen) atoms. The van der Waals surface area contributed by atoms with Crippen molar-refractivity contribution in [1.29, 1.82) is 0 Å². The summed E-state index contributed by atoms with van der Waals surface area (Å²) in [5.74, 6) is 0.822. The Morgan fingerprint density at radius 2 is 1.95 bits per heavy atom. The van der Waals surface area contributed by atoms with E-state index >= 15 is 0 Å². The molecule has 1 aromatic heterocycles. The van der Waals surface area contributed by atoms with Gasteiger partial charge < -0.3 is 10.5 Å². The van der Waals surface area contributed by atoms with Gasteiger partial charge in [-0.05, 0) is 40.1 Å². The third-order valence-corrected chi connectivity index (χ3v) is 5.06. The van der Waals surface area contributed by atoms with Gasteiger partial charge in [-0.2, -0.15) is 0 Å². The van der Waals surface area contributed by atoms with Crippen molar-refractivity contribution in [3.63, 3.8) is 0 Å². The van der Waals surface area contributed by atoms with Gasteiger partial charge in [0.1, 0.15) is 5.75 Å². The minimum atomic E-state index is -0.147. The first-order valence-electron chi connectivity index (χ1n) is 6.26. The Kier molecular flexibility index (Phi) is 3.78. The third kappa shape index (κ3) is 2.35. The molecule has 0 fully saturated rings. The largest absolute Gasteiger partial charge is 0.497 e. The zero-order chi connectivity index (χ0) is 14.1. The lowest BCUT2D eigenvalue weighted by Crippen LogP contribution is -2.12. The monoisotopic (exact) mass is 347 g/mol. The van der Waals surface area contributed by atoms with Crippen molar-refractivity contribution in [3.8, 4) is 5.75 Å². The van der Waals surface area contributed by atoms with E-state index in [4.69, 9.17) is 10.5 Å². The molecule has 0 aliphatic rings. The fourth-order valence-corrected chi connectivity index (χ4v) is 3.90. The molecule has 2 N–H and O–H groups in total. The first kappa shape index (κ1) is 13.6. The van der Waals surface area contributed by atoms with E-state index in [0.29, 0.717) is 0 Å². The summed E-state index contributed by atoms with van der Waals surface area (Å²) >= 11 is 5.31. The van der Waals surface area contributed by atoms with Crippen LogP contribution in [-0.2, 0) is 0 Å². The van der Waals surface area contributed by atoms with Crippen LogP contribution in [0.15, 0.2) is 52.3 Å². The van der Waals surface area contributed by atoms with E-state index in [9.17, 15) is 0 Å². The zero-order valence-electron chi connectivity index (χ0n) is 11.0. The van der Waals surface area contributed by atoms with Gasteiger partial charge in [-0.3, -0.25) is 0 Å². The molecule has 0 bridgehead atoms. The first-order chi connectivity index (χ1) is 9.70. The molecular weight excluding hydrogens is 334 g/mol. The molecule has 0 saturated heterocycles. The minimum absolute atomic E-state index is 0.147. The van der Waals surface area contributed by atoms with E-state index in [2.05, 4.69) is 39.5 Å². The summed E-state index contributed by atoms with van der Waals surface area (Å²) in [6, 6.07) is 14.1. The highest BCUT2D eigenvalue weighted by Gasteiger charge is 2.16. The van der Waals surface area contributed by atoms with E-state index in [1.807, 2.05) is 24.3 Å². The molecule has 0 radical (unpaired) electrons. The molecule has 0 amide bonds. The maximum atomic E-state index is 6.46. The van der Waals surface area contributed by atoms with E-state index < -0.39 is 0 Å². The number of nitrogens with two attached hydrogens (primary N) is 1. The number of rotatable bonds is 3. The van der Waals surface area contributed by atoms with E-state index in [1.165, 1.54) is 10.1 Å². The van der Waals surface area contributed by atoms with Crippen LogP contribution in [0.25, 0.3) is 10.1 Å². The standard InChI is InChI=1S/C16H14BrNOS/c1-19-10-6-7-12(14(17)8-10)16(18)13-9-20-15-5-3-2-4-11(13)15/h2-9,16H,18H2,1H3. The molecule has 1 unspecified atom stereocenters. The number of ether oxygens (including phenoxy) is 1. The lowest BCUT2D eigenvalue weighted by Gasteiger charge is -2.14. The first-order valence-corrected chi connectivity index (χ1v) is 7.93. The number of methoxy groups -OCH3 is 1. The van der Waals surface area contributed by atoms with Gasteiger partial charge in [0.2, 0.25) is 0 Å². The molecule has 2 nitrogen and oxygen atoms in total. The smallest absolute Gasteiger partial charge is 0.120 e. The topological polar surface area (TPSA) is 35.2 Å². The van der Waals surface area contributed by atoms with E-state index in [1.54, 1.807) is 18.4 Å². The van der Waals surface area contributed by atoms with Crippen LogP contribution in [0.5, 0.6) is 5.75 Å². The number of fused-ring (bicyclic) bond motifs is 1. The van der Waals surface area contributed by atoms with Crippen LogP contribution < -0.4 is 10.5 Å². The van der Waals surface area contributed by atoms with Gasteiger partial charge in [-0.15, -0.1) is 11.3 Å². The highest BCUT2D eigenvalue weighted by atomic mass is 79.9. The molecule has 102 valence electrons. The molecule has 0 spiro atoms. The Hall–Kier alpha value is -1.36. The lowest BCUT2D eigenvalue weighted by atomic mass is 9.99. The number of benzene rings is 2. The third-order valence-electron chi connectivity index (χ3n) is 3.39. The summed E-state index contributed by atoms with van der Waals surface area (Å²) in [4.78, 5) is 0. The van der Waals surface area contributed by atoms with Crippen LogP contribution in [0.3, 0.4) is 0 Å². The summed E-state index contributed by atoms with van der Waals surface area (Å²) < 4.78 is 7.46. The van der Waals surface area contributed by atoms with E-state index in [-0.39, 0.29) is 6.04 Å². The van der Waals surface area contributed by atoms with Crippen molar-refractivity contribution in [2.45, 2.75) is 6.04 Å². The average Bonchev–Trinajstić information content (AvgIpc) is 2.90. The molecule has 0 aliphatic heterocycles. The van der Waals surface area contributed by atoms with Gasteiger partial charge in [0.05, 0.1) is 13.2 Å². The number of hydrogen-bond donors (Lipinski definition) is 1. The SMILES string of the molecule is COc1ccc(C(N)c2csc3ccccc23)c(Br)c1. The van der Waals surface area contributed by atoms with Gasteiger partial charge >= 0.3 is 0 Å². The Balaban J connectivity index is 2.06. The fraction of sp³-hybridized carbons (Fsp3) is 0.125. The highest BCUT2D eigenvalue weighted by molar-refractivity contribution is 9.10. The van der Waals surface area contributed by atoms with Gasteiger partial charge in [-0.25, -0.2) is 0 Å². The Morgan fingerprint density at radius 3 is 2.70 bits per heavy atom. The predicted octanol–water partition coefficient (Wildman–Crippen LogP) is 4.72. The maximum Gasteiger partial charge on any atom is 0.120 e. The zero-order valence-corrected chi connectivity index (χ0v) is 13.4. The summed E-state index contributed by atoms with van der Waals surface area (Å²) in [7, 11) is 1.66. The summed E-state index contributed by atoms with van der Waals surface area (Å²) in [6.45, 7) is 0. The average molecular weight is 348 g/mol. The number of halogens is 1.